The van der Waals surface area contributed by atoms with E-state index in [9.17, 15) is 9.18 Å². The van der Waals surface area contributed by atoms with Gasteiger partial charge < -0.3 is 10.2 Å². The van der Waals surface area contributed by atoms with Crippen LogP contribution in [0.25, 0.3) is 0 Å². The largest absolute Gasteiger partial charge is 0.399 e. The summed E-state index contributed by atoms with van der Waals surface area (Å²) in [6.45, 7) is 1.79. The first-order valence-electron chi connectivity index (χ1n) is 6.34. The summed E-state index contributed by atoms with van der Waals surface area (Å²) in [4.78, 5) is 16.6. The van der Waals surface area contributed by atoms with Gasteiger partial charge in [-0.1, -0.05) is 23.4 Å². The van der Waals surface area contributed by atoms with Crippen molar-refractivity contribution in [2.45, 2.75) is 6.92 Å². The Bertz CT molecular complexity index is 666. The van der Waals surface area contributed by atoms with Crippen molar-refractivity contribution in [3.05, 3.63) is 65.0 Å². The van der Waals surface area contributed by atoms with Crippen LogP contribution in [0.4, 0.5) is 10.1 Å². The number of nitrogens with one attached hydrogen (secondary N) is 1. The number of halogens is 1. The molecule has 1 amide bonds. The van der Waals surface area contributed by atoms with E-state index in [0.717, 1.165) is 11.1 Å². The topological polar surface area (TPSA) is 50.7 Å². The molecule has 4 nitrogen and oxygen atoms in total. The third kappa shape index (κ3) is 3.89. The highest BCUT2D eigenvalue weighted by Gasteiger charge is 2.09. The highest BCUT2D eigenvalue weighted by atomic mass is 19.1. The molecule has 1 N–H and O–H groups in total. The van der Waals surface area contributed by atoms with E-state index in [4.69, 9.17) is 0 Å². The van der Waals surface area contributed by atoms with Crippen molar-refractivity contribution in [2.75, 3.05) is 12.4 Å². The van der Waals surface area contributed by atoms with E-state index in [0.29, 0.717) is 5.56 Å². The molecule has 0 saturated heterocycles. The fourth-order valence-corrected chi connectivity index (χ4v) is 1.75. The summed E-state index contributed by atoms with van der Waals surface area (Å²) in [7, 11) is 1.45. The van der Waals surface area contributed by atoms with Crippen molar-refractivity contribution >= 4 is 17.8 Å². The number of oxime groups is 1. The first-order chi connectivity index (χ1) is 10.1. The Morgan fingerprint density at radius 3 is 2.57 bits per heavy atom. The maximum absolute atomic E-state index is 13.7. The van der Waals surface area contributed by atoms with Gasteiger partial charge >= 0.3 is 0 Å². The average Bonchev–Trinajstić information content (AvgIpc) is 2.48. The van der Waals surface area contributed by atoms with Crippen LogP contribution in [-0.2, 0) is 4.84 Å². The van der Waals surface area contributed by atoms with Crippen molar-refractivity contribution in [3.8, 4) is 0 Å². The van der Waals surface area contributed by atoms with Crippen LogP contribution < -0.4 is 5.32 Å². The summed E-state index contributed by atoms with van der Waals surface area (Å²) in [5.74, 6) is -0.819. The normalized spacial score (nSPS) is 10.6. The Morgan fingerprint density at radius 1 is 1.24 bits per heavy atom. The van der Waals surface area contributed by atoms with Gasteiger partial charge in [0, 0.05) is 5.56 Å². The molecule has 0 bridgehead atoms. The number of hydrogen-bond donors (Lipinski definition) is 1. The standard InChI is InChI=1S/C16H15FN2O2/c1-11-3-8-15(14(17)9-11)19-16(20)13-6-4-12(5-7-13)10-18-21-2/h3-10H,1-2H3,(H,19,20)/b18-10+. The summed E-state index contributed by atoms with van der Waals surface area (Å²) in [6, 6.07) is 11.4. The molecule has 2 aromatic carbocycles. The Hall–Kier alpha value is -2.69. The highest BCUT2D eigenvalue weighted by molar-refractivity contribution is 6.04. The van der Waals surface area contributed by atoms with Crippen LogP contribution in [0.3, 0.4) is 0 Å². The van der Waals surface area contributed by atoms with E-state index in [2.05, 4.69) is 15.3 Å². The Labute approximate surface area is 122 Å². The minimum atomic E-state index is -0.452. The van der Waals surface area contributed by atoms with E-state index in [1.807, 2.05) is 0 Å². The number of amides is 1. The molecule has 0 aliphatic heterocycles. The molecular weight excluding hydrogens is 271 g/mol. The van der Waals surface area contributed by atoms with Gasteiger partial charge in [0.1, 0.15) is 12.9 Å². The summed E-state index contributed by atoms with van der Waals surface area (Å²) in [5.41, 5.74) is 2.20. The van der Waals surface area contributed by atoms with Gasteiger partial charge in [-0.25, -0.2) is 4.39 Å². The summed E-state index contributed by atoms with van der Waals surface area (Å²) in [5, 5.41) is 6.17. The van der Waals surface area contributed by atoms with E-state index in [-0.39, 0.29) is 11.6 Å². The molecular formula is C16H15FN2O2. The molecule has 5 heteroatoms. The lowest BCUT2D eigenvalue weighted by Crippen LogP contribution is -2.13. The number of benzene rings is 2. The molecule has 0 aliphatic rings. The predicted octanol–water partition coefficient (Wildman–Crippen LogP) is 3.37. The second kappa shape index (κ2) is 6.65. The SMILES string of the molecule is CO/N=C/c1ccc(C(=O)Nc2ccc(C)cc2F)cc1. The summed E-state index contributed by atoms with van der Waals surface area (Å²) >= 11 is 0. The fourth-order valence-electron chi connectivity index (χ4n) is 1.75. The molecule has 0 fully saturated rings. The molecule has 21 heavy (non-hydrogen) atoms. The molecule has 0 unspecified atom stereocenters. The van der Waals surface area contributed by atoms with Crippen molar-refractivity contribution < 1.29 is 14.0 Å². The van der Waals surface area contributed by atoms with Crippen LogP contribution >= 0.6 is 0 Å². The lowest BCUT2D eigenvalue weighted by molar-refractivity contribution is 0.102. The Morgan fingerprint density at radius 2 is 1.95 bits per heavy atom. The maximum Gasteiger partial charge on any atom is 0.255 e. The zero-order valence-electron chi connectivity index (χ0n) is 11.8. The van der Waals surface area contributed by atoms with Crippen LogP contribution in [0.1, 0.15) is 21.5 Å². The van der Waals surface area contributed by atoms with Gasteiger partial charge in [0.15, 0.2) is 0 Å². The van der Waals surface area contributed by atoms with E-state index < -0.39 is 5.82 Å². The van der Waals surface area contributed by atoms with E-state index in [1.165, 1.54) is 19.4 Å². The number of aryl methyl sites for hydroxylation is 1. The molecule has 0 aromatic heterocycles. The van der Waals surface area contributed by atoms with Gasteiger partial charge in [0.2, 0.25) is 0 Å². The van der Waals surface area contributed by atoms with Crippen LogP contribution in [0.5, 0.6) is 0 Å². The van der Waals surface area contributed by atoms with Crippen LogP contribution in [0, 0.1) is 12.7 Å². The maximum atomic E-state index is 13.7. The molecule has 0 radical (unpaired) electrons. The monoisotopic (exact) mass is 286 g/mol. The quantitative estimate of drug-likeness (QED) is 0.692. The predicted molar refractivity (Wildman–Crippen MR) is 80.1 cm³/mol. The first-order valence-corrected chi connectivity index (χ1v) is 6.34. The van der Waals surface area contributed by atoms with Crippen LogP contribution in [0.2, 0.25) is 0 Å². The first kappa shape index (κ1) is 14.7. The summed E-state index contributed by atoms with van der Waals surface area (Å²) < 4.78 is 13.7. The number of carbonyl (C=O) groups excluding carboxylic acids is 1. The highest BCUT2D eigenvalue weighted by Crippen LogP contribution is 2.16. The van der Waals surface area contributed by atoms with E-state index >= 15 is 0 Å². The smallest absolute Gasteiger partial charge is 0.255 e. The summed E-state index contributed by atoms with van der Waals surface area (Å²) in [6.07, 6.45) is 1.53. The molecule has 0 spiro atoms. The zero-order chi connectivity index (χ0) is 15.2. The van der Waals surface area contributed by atoms with Gasteiger partial charge in [-0.3, -0.25) is 4.79 Å². The van der Waals surface area contributed by atoms with Crippen LogP contribution in [0.15, 0.2) is 47.6 Å². The van der Waals surface area contributed by atoms with Gasteiger partial charge in [-0.15, -0.1) is 0 Å². The molecule has 0 heterocycles. The number of nitrogens with zero attached hydrogens (tertiary/aromatic N) is 1. The lowest BCUT2D eigenvalue weighted by Gasteiger charge is -2.07. The number of carbonyl (C=O) groups is 1. The number of anilines is 1. The Balaban J connectivity index is 2.11. The molecule has 2 aromatic rings. The van der Waals surface area contributed by atoms with Crippen molar-refractivity contribution in [1.29, 1.82) is 0 Å². The molecule has 2 rings (SSSR count). The molecule has 108 valence electrons. The fraction of sp³-hybridized carbons (Fsp3) is 0.125. The molecule has 0 aliphatic carbocycles. The second-order valence-electron chi connectivity index (χ2n) is 4.48. The van der Waals surface area contributed by atoms with Crippen molar-refractivity contribution in [1.82, 2.24) is 0 Å². The van der Waals surface area contributed by atoms with Gasteiger partial charge in [0.25, 0.3) is 5.91 Å². The van der Waals surface area contributed by atoms with Crippen molar-refractivity contribution in [3.63, 3.8) is 0 Å². The van der Waals surface area contributed by atoms with Gasteiger partial charge in [-0.05, 0) is 42.3 Å². The number of rotatable bonds is 4. The Kier molecular flexibility index (Phi) is 4.66. The second-order valence-corrected chi connectivity index (χ2v) is 4.48. The third-order valence-corrected chi connectivity index (χ3v) is 2.85. The van der Waals surface area contributed by atoms with Gasteiger partial charge in [0.05, 0.1) is 11.9 Å². The van der Waals surface area contributed by atoms with Crippen LogP contribution in [-0.4, -0.2) is 19.2 Å². The van der Waals surface area contributed by atoms with Crippen molar-refractivity contribution in [2.24, 2.45) is 5.16 Å². The lowest BCUT2D eigenvalue weighted by atomic mass is 10.1. The zero-order valence-corrected chi connectivity index (χ0v) is 11.8. The minimum absolute atomic E-state index is 0.163. The van der Waals surface area contributed by atoms with Gasteiger partial charge in [-0.2, -0.15) is 0 Å². The third-order valence-electron chi connectivity index (χ3n) is 2.85. The molecule has 0 atom stereocenters. The number of hydrogen-bond acceptors (Lipinski definition) is 3. The minimum Gasteiger partial charge on any atom is -0.399 e. The molecule has 0 saturated carbocycles. The van der Waals surface area contributed by atoms with E-state index in [1.54, 1.807) is 43.3 Å². The average molecular weight is 286 g/mol.